The zero-order chi connectivity index (χ0) is 16.7. The van der Waals surface area contributed by atoms with Crippen LogP contribution in [0.3, 0.4) is 0 Å². The molecule has 0 saturated carbocycles. The number of rotatable bonds is 2. The summed E-state index contributed by atoms with van der Waals surface area (Å²) in [6.07, 6.45) is 6.98. The summed E-state index contributed by atoms with van der Waals surface area (Å²) in [5, 5.41) is 21.0. The number of hydrogen-bond acceptors (Lipinski definition) is 4. The smallest absolute Gasteiger partial charge is 0.165 e. The number of phenols is 1. The van der Waals surface area contributed by atoms with Gasteiger partial charge in [-0.3, -0.25) is 4.90 Å². The van der Waals surface area contributed by atoms with E-state index in [1.54, 1.807) is 6.07 Å². The number of aromatic hydroxyl groups is 1. The first kappa shape index (κ1) is 14.6. The van der Waals surface area contributed by atoms with Crippen LogP contribution in [-0.4, -0.2) is 46.5 Å². The predicted molar refractivity (Wildman–Crippen MR) is 91.3 cm³/mol. The molecular formula is C20H23NO3. The van der Waals surface area contributed by atoms with E-state index < -0.39 is 6.10 Å². The van der Waals surface area contributed by atoms with Crippen molar-refractivity contribution in [2.45, 2.75) is 43.4 Å². The summed E-state index contributed by atoms with van der Waals surface area (Å²) in [7, 11) is 0. The molecule has 2 aliphatic heterocycles. The standard InChI is InChI=1S/C20H23NO3/c1-3-9-21-10-8-20-16-12-4-5-13(22)17(16)24-18(20)14(23)6-7-19(20,2)15(21)11-12/h3-7,14-15,18,22-23H,1,8-11H2,2H3/t14-,15+,18-,19-,20-/m0/s1. The van der Waals surface area contributed by atoms with E-state index in [4.69, 9.17) is 4.74 Å². The van der Waals surface area contributed by atoms with Gasteiger partial charge in [0.05, 0.1) is 5.41 Å². The summed E-state index contributed by atoms with van der Waals surface area (Å²) in [6, 6.07) is 4.12. The monoisotopic (exact) mass is 325 g/mol. The van der Waals surface area contributed by atoms with Gasteiger partial charge < -0.3 is 14.9 Å². The lowest BCUT2D eigenvalue weighted by atomic mass is 9.46. The molecule has 2 heterocycles. The van der Waals surface area contributed by atoms with Gasteiger partial charge in [-0.2, -0.15) is 0 Å². The first-order valence-electron chi connectivity index (χ1n) is 8.77. The molecule has 126 valence electrons. The molecule has 2 N–H and O–H groups in total. The van der Waals surface area contributed by atoms with Crippen LogP contribution in [0.5, 0.6) is 11.5 Å². The number of hydrogen-bond donors (Lipinski definition) is 2. The predicted octanol–water partition coefficient (Wildman–Crippen LogP) is 2.14. The summed E-state index contributed by atoms with van der Waals surface area (Å²) in [6.45, 7) is 8.05. The van der Waals surface area contributed by atoms with E-state index in [2.05, 4.69) is 24.5 Å². The van der Waals surface area contributed by atoms with Crippen molar-refractivity contribution < 1.29 is 14.9 Å². The Bertz CT molecular complexity index is 772. The molecule has 4 aliphatic rings. The van der Waals surface area contributed by atoms with Crippen LogP contribution < -0.4 is 4.74 Å². The molecule has 5 rings (SSSR count). The number of aliphatic hydroxyl groups excluding tert-OH is 1. The van der Waals surface area contributed by atoms with E-state index in [-0.39, 0.29) is 22.7 Å². The van der Waals surface area contributed by atoms with E-state index in [0.717, 1.165) is 31.5 Å². The van der Waals surface area contributed by atoms with Crippen molar-refractivity contribution in [3.8, 4) is 11.5 Å². The number of likely N-dealkylation sites (tertiary alicyclic amines) is 1. The van der Waals surface area contributed by atoms with Gasteiger partial charge in [-0.1, -0.05) is 31.2 Å². The summed E-state index contributed by atoms with van der Waals surface area (Å²) < 4.78 is 6.19. The molecule has 4 nitrogen and oxygen atoms in total. The first-order chi connectivity index (χ1) is 11.5. The van der Waals surface area contributed by atoms with Gasteiger partial charge in [-0.15, -0.1) is 6.58 Å². The van der Waals surface area contributed by atoms with Crippen LogP contribution in [0, 0.1) is 5.41 Å². The highest BCUT2D eigenvalue weighted by atomic mass is 16.5. The maximum atomic E-state index is 10.6. The summed E-state index contributed by atoms with van der Waals surface area (Å²) >= 11 is 0. The Balaban J connectivity index is 1.81. The number of phenolic OH excluding ortho intramolecular Hbond substituents is 1. The van der Waals surface area contributed by atoms with Crippen LogP contribution >= 0.6 is 0 Å². The van der Waals surface area contributed by atoms with Crippen molar-refractivity contribution >= 4 is 0 Å². The minimum atomic E-state index is -0.637. The number of nitrogens with zero attached hydrogens (tertiary/aromatic N) is 1. The fourth-order valence-corrected chi connectivity index (χ4v) is 5.98. The average Bonchev–Trinajstić information content (AvgIpc) is 2.91. The van der Waals surface area contributed by atoms with Gasteiger partial charge in [0.2, 0.25) is 0 Å². The van der Waals surface area contributed by atoms with Crippen molar-refractivity contribution in [1.82, 2.24) is 4.90 Å². The average molecular weight is 325 g/mol. The molecule has 2 bridgehead atoms. The van der Waals surface area contributed by atoms with Gasteiger partial charge in [-0.05, 0) is 31.0 Å². The quantitative estimate of drug-likeness (QED) is 0.818. The van der Waals surface area contributed by atoms with Gasteiger partial charge in [0.15, 0.2) is 11.5 Å². The second-order valence-corrected chi connectivity index (χ2v) is 7.84. The molecule has 1 spiro atoms. The van der Waals surface area contributed by atoms with Crippen molar-refractivity contribution in [1.29, 1.82) is 0 Å². The van der Waals surface area contributed by atoms with E-state index in [0.29, 0.717) is 11.8 Å². The molecule has 5 atom stereocenters. The molecule has 1 aromatic carbocycles. The van der Waals surface area contributed by atoms with E-state index >= 15 is 0 Å². The SMILES string of the molecule is C=CCN1CC[C@]23c4c5ccc(O)c4O[C@H]2[C@@H](O)C=C[C@@]3(C)[C@H]1C5. The third-order valence-corrected chi connectivity index (χ3v) is 7.01. The third-order valence-electron chi connectivity index (χ3n) is 7.01. The summed E-state index contributed by atoms with van der Waals surface area (Å²) in [5.41, 5.74) is 2.02. The molecule has 0 radical (unpaired) electrons. The van der Waals surface area contributed by atoms with Crippen molar-refractivity contribution in [2.24, 2.45) is 5.41 Å². The van der Waals surface area contributed by atoms with Gasteiger partial charge >= 0.3 is 0 Å². The Labute approximate surface area is 142 Å². The van der Waals surface area contributed by atoms with Gasteiger partial charge in [0.25, 0.3) is 0 Å². The second kappa shape index (κ2) is 4.44. The zero-order valence-electron chi connectivity index (χ0n) is 13.9. The Hall–Kier alpha value is -1.78. The van der Waals surface area contributed by atoms with Crippen molar-refractivity contribution in [3.05, 3.63) is 48.1 Å². The Morgan fingerprint density at radius 2 is 2.29 bits per heavy atom. The highest BCUT2D eigenvalue weighted by Gasteiger charge is 2.69. The molecule has 1 aromatic rings. The zero-order valence-corrected chi connectivity index (χ0v) is 13.9. The number of aliphatic hydroxyl groups is 1. The van der Waals surface area contributed by atoms with E-state index in [1.165, 1.54) is 5.56 Å². The molecule has 1 fully saturated rings. The lowest BCUT2D eigenvalue weighted by Crippen LogP contribution is -2.70. The second-order valence-electron chi connectivity index (χ2n) is 7.84. The highest BCUT2D eigenvalue weighted by molar-refractivity contribution is 5.63. The lowest BCUT2D eigenvalue weighted by molar-refractivity contribution is -0.0928. The summed E-state index contributed by atoms with van der Waals surface area (Å²) in [5.74, 6) is 0.793. The number of ether oxygens (including phenoxy) is 1. The van der Waals surface area contributed by atoms with Gasteiger partial charge in [0.1, 0.15) is 12.2 Å². The number of piperidine rings is 1. The van der Waals surface area contributed by atoms with Crippen LogP contribution in [0.4, 0.5) is 0 Å². The lowest BCUT2D eigenvalue weighted by Gasteiger charge is -2.63. The van der Waals surface area contributed by atoms with Crippen molar-refractivity contribution in [3.63, 3.8) is 0 Å². The Kier molecular flexibility index (Phi) is 2.69. The highest BCUT2D eigenvalue weighted by Crippen LogP contribution is 2.67. The fraction of sp³-hybridized carbons (Fsp3) is 0.500. The molecule has 0 amide bonds. The van der Waals surface area contributed by atoms with E-state index in [1.807, 2.05) is 18.2 Å². The molecule has 1 saturated heterocycles. The number of benzene rings is 1. The Morgan fingerprint density at radius 3 is 3.08 bits per heavy atom. The largest absolute Gasteiger partial charge is 0.504 e. The van der Waals surface area contributed by atoms with Gasteiger partial charge in [-0.25, -0.2) is 0 Å². The molecular weight excluding hydrogens is 302 g/mol. The van der Waals surface area contributed by atoms with Crippen LogP contribution in [0.1, 0.15) is 24.5 Å². The molecule has 4 heteroatoms. The van der Waals surface area contributed by atoms with Crippen LogP contribution in [-0.2, 0) is 11.8 Å². The van der Waals surface area contributed by atoms with Gasteiger partial charge in [0, 0.05) is 23.6 Å². The molecule has 0 unspecified atom stereocenters. The fourth-order valence-electron chi connectivity index (χ4n) is 5.98. The van der Waals surface area contributed by atoms with Crippen LogP contribution in [0.15, 0.2) is 36.9 Å². The normalized spacial score (nSPS) is 41.7. The third kappa shape index (κ3) is 1.39. The first-order valence-corrected chi connectivity index (χ1v) is 8.77. The maximum Gasteiger partial charge on any atom is 0.165 e. The molecule has 24 heavy (non-hydrogen) atoms. The maximum absolute atomic E-state index is 10.6. The van der Waals surface area contributed by atoms with Crippen molar-refractivity contribution in [2.75, 3.05) is 13.1 Å². The van der Waals surface area contributed by atoms with E-state index in [9.17, 15) is 10.2 Å². The topological polar surface area (TPSA) is 52.9 Å². The summed E-state index contributed by atoms with van der Waals surface area (Å²) in [4.78, 5) is 2.51. The Morgan fingerprint density at radius 1 is 1.46 bits per heavy atom. The molecule has 2 aliphatic carbocycles. The van der Waals surface area contributed by atoms with Crippen LogP contribution in [0.2, 0.25) is 0 Å². The minimum Gasteiger partial charge on any atom is -0.504 e. The van der Waals surface area contributed by atoms with Crippen LogP contribution in [0.25, 0.3) is 0 Å². The minimum absolute atomic E-state index is 0.121. The molecule has 0 aromatic heterocycles.